The Bertz CT molecular complexity index is 559. The van der Waals surface area contributed by atoms with Crippen molar-refractivity contribution in [1.29, 1.82) is 0 Å². The van der Waals surface area contributed by atoms with Crippen molar-refractivity contribution >= 4 is 23.4 Å². The van der Waals surface area contributed by atoms with Crippen LogP contribution in [0.5, 0.6) is 0 Å². The molecule has 7 heteroatoms. The summed E-state index contributed by atoms with van der Waals surface area (Å²) in [5.74, 6) is -0.337. The minimum Gasteiger partial charge on any atom is -0.378 e. The standard InChI is InChI=1S/C16H22ClN3O3/c1-2-18-14(21)11-19-6-8-20(9-7-19)16(23)15(22)12-4-3-5-13(17)10-12/h3-5,10,15,22H,2,6-9,11H2,1H3,(H,18,21)/t15-/m0/s1. The molecule has 0 radical (unpaired) electrons. The normalized spacial score (nSPS) is 16.9. The third-order valence-electron chi connectivity index (χ3n) is 3.82. The summed E-state index contributed by atoms with van der Waals surface area (Å²) in [4.78, 5) is 27.6. The van der Waals surface area contributed by atoms with Gasteiger partial charge in [0.05, 0.1) is 6.54 Å². The Morgan fingerprint density at radius 2 is 2.00 bits per heavy atom. The van der Waals surface area contributed by atoms with E-state index in [1.54, 1.807) is 29.2 Å². The summed E-state index contributed by atoms with van der Waals surface area (Å²) in [6, 6.07) is 6.68. The first-order valence-corrected chi connectivity index (χ1v) is 8.10. The van der Waals surface area contributed by atoms with E-state index in [1.165, 1.54) is 0 Å². The van der Waals surface area contributed by atoms with Gasteiger partial charge >= 0.3 is 0 Å². The Hall–Kier alpha value is -1.63. The molecule has 23 heavy (non-hydrogen) atoms. The Morgan fingerprint density at radius 1 is 1.30 bits per heavy atom. The number of hydrogen-bond acceptors (Lipinski definition) is 4. The van der Waals surface area contributed by atoms with Gasteiger partial charge in [0.2, 0.25) is 5.91 Å². The van der Waals surface area contributed by atoms with Crippen LogP contribution in [0.15, 0.2) is 24.3 Å². The average molecular weight is 340 g/mol. The van der Waals surface area contributed by atoms with E-state index in [-0.39, 0.29) is 11.8 Å². The first-order chi connectivity index (χ1) is 11.0. The van der Waals surface area contributed by atoms with E-state index < -0.39 is 6.10 Å². The van der Waals surface area contributed by atoms with Crippen molar-refractivity contribution in [2.45, 2.75) is 13.0 Å². The third kappa shape index (κ3) is 4.92. The molecule has 0 unspecified atom stereocenters. The second-order valence-corrected chi connectivity index (χ2v) is 5.95. The molecule has 1 aliphatic rings. The number of benzene rings is 1. The van der Waals surface area contributed by atoms with Crippen molar-refractivity contribution in [3.05, 3.63) is 34.9 Å². The second kappa shape index (κ2) is 8.29. The molecule has 1 fully saturated rings. The van der Waals surface area contributed by atoms with Crippen molar-refractivity contribution in [2.75, 3.05) is 39.3 Å². The molecule has 0 aliphatic carbocycles. The summed E-state index contributed by atoms with van der Waals surface area (Å²) in [5.41, 5.74) is 0.493. The van der Waals surface area contributed by atoms with Crippen LogP contribution in [0.4, 0.5) is 0 Å². The zero-order chi connectivity index (χ0) is 16.8. The number of piperazine rings is 1. The van der Waals surface area contributed by atoms with Gasteiger partial charge in [0, 0.05) is 37.7 Å². The first-order valence-electron chi connectivity index (χ1n) is 7.72. The Labute approximate surface area is 141 Å². The number of nitrogens with one attached hydrogen (secondary N) is 1. The number of carbonyl (C=O) groups excluding carboxylic acids is 2. The van der Waals surface area contributed by atoms with Crippen molar-refractivity contribution in [1.82, 2.24) is 15.1 Å². The maximum Gasteiger partial charge on any atom is 0.256 e. The van der Waals surface area contributed by atoms with E-state index in [4.69, 9.17) is 11.6 Å². The van der Waals surface area contributed by atoms with E-state index in [0.717, 1.165) is 0 Å². The Kier molecular flexibility index (Phi) is 6.38. The zero-order valence-corrected chi connectivity index (χ0v) is 13.9. The lowest BCUT2D eigenvalue weighted by atomic mass is 10.1. The molecule has 1 aliphatic heterocycles. The molecule has 1 saturated heterocycles. The minimum atomic E-state index is -1.20. The predicted molar refractivity (Wildman–Crippen MR) is 88.1 cm³/mol. The van der Waals surface area contributed by atoms with Gasteiger partial charge in [0.25, 0.3) is 5.91 Å². The number of hydrogen-bond donors (Lipinski definition) is 2. The minimum absolute atomic E-state index is 0.00811. The Balaban J connectivity index is 1.87. The number of halogens is 1. The van der Waals surface area contributed by atoms with Gasteiger partial charge in [0.1, 0.15) is 0 Å². The molecule has 2 rings (SSSR count). The molecule has 1 aromatic carbocycles. The van der Waals surface area contributed by atoms with Crippen LogP contribution >= 0.6 is 11.6 Å². The topological polar surface area (TPSA) is 72.9 Å². The number of amides is 2. The number of rotatable bonds is 5. The summed E-state index contributed by atoms with van der Waals surface area (Å²) in [6.45, 7) is 5.06. The lowest BCUT2D eigenvalue weighted by molar-refractivity contribution is -0.142. The third-order valence-corrected chi connectivity index (χ3v) is 4.06. The number of likely N-dealkylation sites (N-methyl/N-ethyl adjacent to an activating group) is 1. The Morgan fingerprint density at radius 3 is 2.61 bits per heavy atom. The number of aliphatic hydroxyl groups is 1. The molecule has 126 valence electrons. The molecule has 1 heterocycles. The number of aliphatic hydroxyl groups excluding tert-OH is 1. The van der Waals surface area contributed by atoms with Gasteiger partial charge < -0.3 is 15.3 Å². The van der Waals surface area contributed by atoms with E-state index in [9.17, 15) is 14.7 Å². The van der Waals surface area contributed by atoms with Crippen LogP contribution in [-0.4, -0.2) is 66.0 Å². The predicted octanol–water partition coefficient (Wildman–Crippen LogP) is 0.654. The van der Waals surface area contributed by atoms with Gasteiger partial charge in [-0.1, -0.05) is 23.7 Å². The lowest BCUT2D eigenvalue weighted by Gasteiger charge is -2.35. The van der Waals surface area contributed by atoms with Gasteiger partial charge in [0.15, 0.2) is 6.10 Å². The monoisotopic (exact) mass is 339 g/mol. The molecule has 0 aromatic heterocycles. The fourth-order valence-electron chi connectivity index (χ4n) is 2.57. The largest absolute Gasteiger partial charge is 0.378 e. The maximum atomic E-state index is 12.4. The van der Waals surface area contributed by atoms with Crippen LogP contribution < -0.4 is 5.32 Å². The molecule has 2 amide bonds. The fourth-order valence-corrected chi connectivity index (χ4v) is 2.77. The molecule has 2 N–H and O–H groups in total. The molecule has 0 spiro atoms. The van der Waals surface area contributed by atoms with E-state index in [1.807, 2.05) is 11.8 Å². The average Bonchev–Trinajstić information content (AvgIpc) is 2.54. The summed E-state index contributed by atoms with van der Waals surface area (Å²) in [6.07, 6.45) is -1.20. The molecular weight excluding hydrogens is 318 g/mol. The van der Waals surface area contributed by atoms with Crippen molar-refractivity contribution < 1.29 is 14.7 Å². The highest BCUT2D eigenvalue weighted by molar-refractivity contribution is 6.30. The lowest BCUT2D eigenvalue weighted by Crippen LogP contribution is -2.52. The summed E-state index contributed by atoms with van der Waals surface area (Å²) >= 11 is 5.89. The molecular formula is C16H22ClN3O3. The SMILES string of the molecule is CCNC(=O)CN1CCN(C(=O)[C@@H](O)c2cccc(Cl)c2)CC1. The highest BCUT2D eigenvalue weighted by Crippen LogP contribution is 2.20. The van der Waals surface area contributed by atoms with E-state index in [0.29, 0.717) is 49.9 Å². The second-order valence-electron chi connectivity index (χ2n) is 5.51. The molecule has 6 nitrogen and oxygen atoms in total. The smallest absolute Gasteiger partial charge is 0.256 e. The first kappa shape index (κ1) is 17.7. The highest BCUT2D eigenvalue weighted by Gasteiger charge is 2.27. The maximum absolute atomic E-state index is 12.4. The van der Waals surface area contributed by atoms with E-state index in [2.05, 4.69) is 5.32 Å². The van der Waals surface area contributed by atoms with Gasteiger partial charge in [-0.25, -0.2) is 0 Å². The highest BCUT2D eigenvalue weighted by atomic mass is 35.5. The number of carbonyl (C=O) groups is 2. The molecule has 1 aromatic rings. The molecule has 0 bridgehead atoms. The van der Waals surface area contributed by atoms with Crippen LogP contribution in [0.25, 0.3) is 0 Å². The van der Waals surface area contributed by atoms with Crippen LogP contribution in [0.2, 0.25) is 5.02 Å². The van der Waals surface area contributed by atoms with Crippen molar-refractivity contribution in [3.8, 4) is 0 Å². The summed E-state index contributed by atoms with van der Waals surface area (Å²) in [7, 11) is 0. The summed E-state index contributed by atoms with van der Waals surface area (Å²) < 4.78 is 0. The fraction of sp³-hybridized carbons (Fsp3) is 0.500. The van der Waals surface area contributed by atoms with Crippen molar-refractivity contribution in [2.24, 2.45) is 0 Å². The van der Waals surface area contributed by atoms with Crippen LogP contribution in [-0.2, 0) is 9.59 Å². The van der Waals surface area contributed by atoms with Crippen LogP contribution in [0.1, 0.15) is 18.6 Å². The van der Waals surface area contributed by atoms with Gasteiger partial charge in [-0.3, -0.25) is 14.5 Å². The quantitative estimate of drug-likeness (QED) is 0.826. The molecule has 0 saturated carbocycles. The molecule has 1 atom stereocenters. The summed E-state index contributed by atoms with van der Waals surface area (Å²) in [5, 5.41) is 13.5. The van der Waals surface area contributed by atoms with Gasteiger partial charge in [-0.15, -0.1) is 0 Å². The van der Waals surface area contributed by atoms with Crippen LogP contribution in [0.3, 0.4) is 0 Å². The zero-order valence-electron chi connectivity index (χ0n) is 13.2. The van der Waals surface area contributed by atoms with Gasteiger partial charge in [-0.2, -0.15) is 0 Å². The van der Waals surface area contributed by atoms with Crippen LogP contribution in [0, 0.1) is 0 Å². The number of nitrogens with zero attached hydrogens (tertiary/aromatic N) is 2. The van der Waals surface area contributed by atoms with E-state index >= 15 is 0 Å². The van der Waals surface area contributed by atoms with Gasteiger partial charge in [-0.05, 0) is 24.6 Å². The van der Waals surface area contributed by atoms with Crippen molar-refractivity contribution in [3.63, 3.8) is 0 Å².